The molecule has 0 saturated heterocycles. The Balaban J connectivity index is 0.000000168. The molecule has 0 radical (unpaired) electrons. The maximum atomic E-state index is 7.35. The maximum absolute atomic E-state index is 7.35. The van der Waals surface area contributed by atoms with Crippen molar-refractivity contribution in [3.63, 3.8) is 0 Å². The Morgan fingerprint density at radius 2 is 0.747 bits per heavy atom. The van der Waals surface area contributed by atoms with E-state index in [2.05, 4.69) is 276 Å². The maximum Gasteiger partial charge on any atom is 1.00 e. The van der Waals surface area contributed by atoms with Gasteiger partial charge in [-0.25, -0.2) is 6.08 Å². The minimum atomic E-state index is -1.38. The van der Waals surface area contributed by atoms with E-state index in [0.717, 1.165) is 22.0 Å². The van der Waals surface area contributed by atoms with E-state index in [4.69, 9.17) is 13.0 Å². The quantitative estimate of drug-likeness (QED) is 0.0623. The van der Waals surface area contributed by atoms with Crippen LogP contribution in [0, 0.1) is 18.9 Å². The summed E-state index contributed by atoms with van der Waals surface area (Å²) in [6.07, 6.45) is 9.03. The van der Waals surface area contributed by atoms with Crippen molar-refractivity contribution in [2.24, 2.45) is 14.1 Å². The van der Waals surface area contributed by atoms with E-state index in [1.807, 2.05) is 30.3 Å². The van der Waals surface area contributed by atoms with Crippen LogP contribution in [0.5, 0.6) is 0 Å². The van der Waals surface area contributed by atoms with Crippen molar-refractivity contribution in [1.82, 2.24) is 13.7 Å². The third kappa shape index (κ3) is 10.5. The fourth-order valence-electron chi connectivity index (χ4n) is 11.3. The summed E-state index contributed by atoms with van der Waals surface area (Å²) in [5, 5.41) is 16.0. The number of aromatic nitrogens is 3. The average Bonchev–Trinajstić information content (AvgIpc) is 4.12. The van der Waals surface area contributed by atoms with Gasteiger partial charge in [0.15, 0.2) is 0 Å². The number of para-hydroxylation sites is 4. The van der Waals surface area contributed by atoms with Gasteiger partial charge in [-0.1, -0.05) is 168 Å². The Labute approximate surface area is 496 Å². The van der Waals surface area contributed by atoms with Crippen LogP contribution in [0.1, 0.15) is 11.1 Å². The second-order valence-corrected chi connectivity index (χ2v) is 24.1. The molecule has 0 unspecified atom stereocenters. The van der Waals surface area contributed by atoms with Crippen molar-refractivity contribution in [1.29, 1.82) is 0 Å². The predicted octanol–water partition coefficient (Wildman–Crippen LogP) is 14.8. The van der Waals surface area contributed by atoms with Crippen LogP contribution in [0.25, 0.3) is 77.2 Å². The van der Waals surface area contributed by atoms with Crippen LogP contribution in [-0.2, 0) is 58.9 Å². The molecule has 14 aromatic rings. The van der Waals surface area contributed by atoms with Crippen LogP contribution in [-0.4, -0.2) is 13.7 Å². The standard InChI is InChI=1S/C42H31NP2.C15H12N.C15H10N.2Au/c1-6-18-32(19-7-1)43-39-29-17-16-28-37(39)38-30-41(44(33-20-8-2-9-21-33)34-22-10-3-11-23-34)42(31-40(38)43)45(35-24-12-4-13-25-35)36-26-14-5-15-27-36;2*1-3-11-7-6-10-14-15(11)12-8-4-5-9-13(12)16(14)2;;/h1-31H;1,3-10H,2H3;4-10H,2H3;;/q;2*-1;2*+1/p+2. The Kier molecular flexibility index (Phi) is 17.1. The van der Waals surface area contributed by atoms with Gasteiger partial charge in [-0.15, -0.1) is 17.7 Å². The first-order valence-electron chi connectivity index (χ1n) is 26.0. The molecule has 3 aromatic heterocycles. The van der Waals surface area contributed by atoms with Crippen molar-refractivity contribution in [3.8, 4) is 11.6 Å². The number of hydrogen-bond donors (Lipinski definition) is 0. The van der Waals surface area contributed by atoms with Crippen LogP contribution in [0.3, 0.4) is 0 Å². The molecule has 0 fully saturated rings. The zero-order valence-corrected chi connectivity index (χ0v) is 49.9. The van der Waals surface area contributed by atoms with Gasteiger partial charge >= 0.3 is 44.8 Å². The van der Waals surface area contributed by atoms with Crippen LogP contribution in [0.4, 0.5) is 0 Å². The monoisotopic (exact) mass is 1420 g/mol. The summed E-state index contributed by atoms with van der Waals surface area (Å²) in [5.74, 6) is 2.51. The second-order valence-electron chi connectivity index (χ2n) is 19.2. The topological polar surface area (TPSA) is 14.8 Å². The first-order chi connectivity index (χ1) is 38.0. The van der Waals surface area contributed by atoms with Crippen molar-refractivity contribution < 1.29 is 44.8 Å². The SMILES string of the molecule is [Au+].[Au+].[C-]#Cc1cccc2c1c1ccccc1n2C.[CH-]=Cc1cccc2c1c1ccccc1n2C.c1ccc(-n2c3ccccc3c3cc([PH+](c4ccccc4)c4ccccc4)c([PH+](c4ccccc4)c4ccccc4)cc32)cc1. The molecule has 0 spiro atoms. The molecule has 0 aliphatic heterocycles. The van der Waals surface area contributed by atoms with Crippen molar-refractivity contribution in [3.05, 3.63) is 297 Å². The van der Waals surface area contributed by atoms with Gasteiger partial charge in [0.25, 0.3) is 0 Å². The van der Waals surface area contributed by atoms with Gasteiger partial charge in [-0.05, 0) is 108 Å². The number of benzene rings is 11. The normalized spacial score (nSPS) is 11.0. The number of rotatable bonds is 8. The molecule has 79 heavy (non-hydrogen) atoms. The fraction of sp³-hybridized carbons (Fsp3) is 0.0278. The molecular weight excluding hydrogens is 1360 g/mol. The molecular formula is C72H55Au2N3P2+2. The number of hydrogen-bond acceptors (Lipinski definition) is 0. The average molecular weight is 1420 g/mol. The number of aryl methyl sites for hydroxylation is 2. The molecule has 0 atom stereocenters. The van der Waals surface area contributed by atoms with E-state index >= 15 is 0 Å². The zero-order valence-electron chi connectivity index (χ0n) is 43.6. The molecule has 0 saturated carbocycles. The van der Waals surface area contributed by atoms with E-state index < -0.39 is 15.8 Å². The minimum absolute atomic E-state index is 0. The van der Waals surface area contributed by atoms with Gasteiger partial charge in [-0.3, -0.25) is 12.5 Å². The number of nitrogens with zero attached hydrogens (tertiary/aromatic N) is 3. The van der Waals surface area contributed by atoms with E-state index in [1.54, 1.807) is 6.08 Å². The Bertz CT molecular complexity index is 4370. The minimum Gasteiger partial charge on any atom is -0.366 e. The second kappa shape index (κ2) is 24.6. The molecule has 0 aliphatic rings. The van der Waals surface area contributed by atoms with Gasteiger partial charge < -0.3 is 20.1 Å². The van der Waals surface area contributed by atoms with Crippen molar-refractivity contribution >= 4 is 119 Å². The van der Waals surface area contributed by atoms with Gasteiger partial charge in [0.05, 0.1) is 11.0 Å². The van der Waals surface area contributed by atoms with Crippen LogP contribution >= 0.6 is 15.8 Å². The van der Waals surface area contributed by atoms with Gasteiger partial charge in [0, 0.05) is 58.7 Å². The summed E-state index contributed by atoms with van der Waals surface area (Å²) in [6, 6.07) is 98.5. The van der Waals surface area contributed by atoms with E-state index in [1.165, 1.54) is 92.0 Å². The predicted molar refractivity (Wildman–Crippen MR) is 337 cm³/mol. The first kappa shape index (κ1) is 54.8. The molecule has 11 aromatic carbocycles. The first-order valence-corrected chi connectivity index (χ1v) is 29.0. The molecule has 14 rings (SSSR count). The summed E-state index contributed by atoms with van der Waals surface area (Å²) in [6.45, 7) is 5.68. The molecule has 388 valence electrons. The molecule has 0 bridgehead atoms. The third-order valence-electron chi connectivity index (χ3n) is 14.8. The van der Waals surface area contributed by atoms with Crippen LogP contribution in [0.2, 0.25) is 0 Å². The Morgan fingerprint density at radius 3 is 1.23 bits per heavy atom. The van der Waals surface area contributed by atoms with Gasteiger partial charge in [0.1, 0.15) is 47.7 Å². The molecule has 7 heteroatoms. The summed E-state index contributed by atoms with van der Waals surface area (Å²) in [4.78, 5) is 0. The Hall–Kier alpha value is -7.54. The van der Waals surface area contributed by atoms with Gasteiger partial charge in [0.2, 0.25) is 0 Å². The molecule has 0 aliphatic carbocycles. The van der Waals surface area contributed by atoms with Crippen molar-refractivity contribution in [2.75, 3.05) is 0 Å². The van der Waals surface area contributed by atoms with E-state index in [0.29, 0.717) is 0 Å². The molecule has 0 N–H and O–H groups in total. The van der Waals surface area contributed by atoms with Crippen LogP contribution in [0.15, 0.2) is 273 Å². The fourth-order valence-corrected chi connectivity index (χ4v) is 17.4. The van der Waals surface area contributed by atoms with E-state index in [-0.39, 0.29) is 44.8 Å². The summed E-state index contributed by atoms with van der Waals surface area (Å²) in [7, 11) is 1.40. The summed E-state index contributed by atoms with van der Waals surface area (Å²) >= 11 is 0. The Morgan fingerprint density at radius 1 is 0.367 bits per heavy atom. The molecule has 0 amide bonds. The van der Waals surface area contributed by atoms with Gasteiger partial charge in [-0.2, -0.15) is 5.56 Å². The number of fused-ring (bicyclic) bond motifs is 9. The smallest absolute Gasteiger partial charge is 0.366 e. The third-order valence-corrected chi connectivity index (χ3v) is 20.6. The summed E-state index contributed by atoms with van der Waals surface area (Å²) in [5.41, 5.74) is 10.4. The van der Waals surface area contributed by atoms with E-state index in [9.17, 15) is 0 Å². The van der Waals surface area contributed by atoms with Crippen molar-refractivity contribution in [2.45, 2.75) is 0 Å². The van der Waals surface area contributed by atoms with Crippen LogP contribution < -0.4 is 31.8 Å². The zero-order chi connectivity index (χ0) is 52.2. The summed E-state index contributed by atoms with van der Waals surface area (Å²) < 4.78 is 6.83. The molecule has 3 nitrogen and oxygen atoms in total. The largest absolute Gasteiger partial charge is 1.00 e. The molecule has 3 heterocycles.